The number of ether oxygens (including phenoxy) is 1. The van der Waals surface area contributed by atoms with E-state index in [-0.39, 0.29) is 0 Å². The van der Waals surface area contributed by atoms with Crippen LogP contribution in [0.15, 0.2) is 35.6 Å². The minimum atomic E-state index is -1.10. The van der Waals surface area contributed by atoms with Crippen LogP contribution < -0.4 is 5.73 Å². The van der Waals surface area contributed by atoms with Crippen LogP contribution in [0.25, 0.3) is 0 Å². The number of pyridine rings is 1. The number of methoxy groups -OCH3 is 1. The molecule has 0 saturated carbocycles. The molecule has 5 heteroatoms. The van der Waals surface area contributed by atoms with Gasteiger partial charge in [-0.15, -0.1) is 0 Å². The lowest BCUT2D eigenvalue weighted by atomic mass is 9.88. The van der Waals surface area contributed by atoms with E-state index in [4.69, 9.17) is 22.1 Å². The van der Waals surface area contributed by atoms with Crippen LogP contribution in [0.5, 0.6) is 0 Å². The molecule has 0 radical (unpaired) electrons. The number of carbonyl (C=O) groups is 1. The van der Waals surface area contributed by atoms with Gasteiger partial charge in [0, 0.05) is 23.8 Å². The number of allylic oxidation sites excluding steroid dienone is 1. The highest BCUT2D eigenvalue weighted by atomic mass is 35.5. The van der Waals surface area contributed by atoms with Crippen LogP contribution in [0.2, 0.25) is 0 Å². The van der Waals surface area contributed by atoms with E-state index >= 15 is 0 Å². The normalized spacial score (nSPS) is 15.0. The summed E-state index contributed by atoms with van der Waals surface area (Å²) in [7, 11) is 1.33. The molecule has 98 valence electrons. The maximum Gasteiger partial charge on any atom is 0.326 e. The Hall–Kier alpha value is -1.39. The Kier molecular flexibility index (Phi) is 5.31. The smallest absolute Gasteiger partial charge is 0.326 e. The Morgan fingerprint density at radius 3 is 2.67 bits per heavy atom. The van der Waals surface area contributed by atoms with Crippen LogP contribution in [0, 0.1) is 0 Å². The second-order valence-corrected chi connectivity index (χ2v) is 4.77. The SMILES string of the molecule is COC(=O)C(N)(C/C=C(/C)Cl)Cc1ccncc1. The first-order chi connectivity index (χ1) is 8.48. The summed E-state index contributed by atoms with van der Waals surface area (Å²) >= 11 is 5.78. The van der Waals surface area contributed by atoms with Gasteiger partial charge in [0.25, 0.3) is 0 Å². The third-order valence-electron chi connectivity index (χ3n) is 2.61. The summed E-state index contributed by atoms with van der Waals surface area (Å²) in [4.78, 5) is 15.7. The van der Waals surface area contributed by atoms with E-state index in [1.165, 1.54) is 7.11 Å². The number of carbonyl (C=O) groups excluding carboxylic acids is 1. The maximum absolute atomic E-state index is 11.8. The van der Waals surface area contributed by atoms with E-state index in [1.54, 1.807) is 25.4 Å². The predicted molar refractivity (Wildman–Crippen MR) is 71.1 cm³/mol. The molecule has 1 rings (SSSR count). The van der Waals surface area contributed by atoms with Gasteiger partial charge in [-0.05, 0) is 31.0 Å². The van der Waals surface area contributed by atoms with Crippen molar-refractivity contribution in [3.05, 3.63) is 41.2 Å². The van der Waals surface area contributed by atoms with Crippen LogP contribution in [-0.2, 0) is 16.0 Å². The molecule has 4 nitrogen and oxygen atoms in total. The molecule has 0 aromatic carbocycles. The number of rotatable bonds is 5. The summed E-state index contributed by atoms with van der Waals surface area (Å²) in [6.45, 7) is 1.74. The molecule has 0 amide bonds. The molecular weight excluding hydrogens is 252 g/mol. The Morgan fingerprint density at radius 2 is 2.17 bits per heavy atom. The highest BCUT2D eigenvalue weighted by molar-refractivity contribution is 6.29. The zero-order chi connectivity index (χ0) is 13.6. The Labute approximate surface area is 112 Å². The molecule has 0 fully saturated rings. The molecule has 18 heavy (non-hydrogen) atoms. The fraction of sp³-hybridized carbons (Fsp3) is 0.385. The summed E-state index contributed by atoms with van der Waals surface area (Å²) in [5.74, 6) is -0.450. The van der Waals surface area contributed by atoms with E-state index in [9.17, 15) is 4.79 Å². The lowest BCUT2D eigenvalue weighted by molar-refractivity contribution is -0.146. The van der Waals surface area contributed by atoms with Gasteiger partial charge in [0.1, 0.15) is 5.54 Å². The van der Waals surface area contributed by atoms with Gasteiger partial charge in [-0.1, -0.05) is 17.7 Å². The summed E-state index contributed by atoms with van der Waals surface area (Å²) in [5, 5.41) is 0.600. The number of esters is 1. The fourth-order valence-corrected chi connectivity index (χ4v) is 1.70. The van der Waals surface area contributed by atoms with Crippen LogP contribution >= 0.6 is 11.6 Å². The summed E-state index contributed by atoms with van der Waals surface area (Å²) in [5.41, 5.74) is 5.96. The number of hydrogen-bond acceptors (Lipinski definition) is 4. The first-order valence-corrected chi connectivity index (χ1v) is 5.94. The molecule has 0 saturated heterocycles. The first-order valence-electron chi connectivity index (χ1n) is 5.56. The van der Waals surface area contributed by atoms with Crippen molar-refractivity contribution < 1.29 is 9.53 Å². The number of hydrogen-bond donors (Lipinski definition) is 1. The summed E-state index contributed by atoms with van der Waals surface area (Å²) < 4.78 is 4.77. The van der Waals surface area contributed by atoms with Crippen LogP contribution in [0.1, 0.15) is 18.9 Å². The van der Waals surface area contributed by atoms with Crippen molar-refractivity contribution >= 4 is 17.6 Å². The van der Waals surface area contributed by atoms with Crippen molar-refractivity contribution in [1.82, 2.24) is 4.98 Å². The zero-order valence-corrected chi connectivity index (χ0v) is 11.3. The quantitative estimate of drug-likeness (QED) is 0.830. The van der Waals surface area contributed by atoms with Gasteiger partial charge < -0.3 is 10.5 Å². The molecular formula is C13H17ClN2O2. The molecule has 2 N–H and O–H groups in total. The number of nitrogens with two attached hydrogens (primary N) is 1. The lowest BCUT2D eigenvalue weighted by Gasteiger charge is -2.25. The van der Waals surface area contributed by atoms with Crippen molar-refractivity contribution in [2.24, 2.45) is 5.73 Å². The van der Waals surface area contributed by atoms with Gasteiger partial charge in [0.2, 0.25) is 0 Å². The van der Waals surface area contributed by atoms with Gasteiger partial charge in [0.05, 0.1) is 7.11 Å². The van der Waals surface area contributed by atoms with Gasteiger partial charge in [-0.2, -0.15) is 0 Å². The van der Waals surface area contributed by atoms with E-state index in [2.05, 4.69) is 4.98 Å². The molecule has 0 spiro atoms. The molecule has 0 aliphatic rings. The highest BCUT2D eigenvalue weighted by Crippen LogP contribution is 2.18. The zero-order valence-electron chi connectivity index (χ0n) is 10.5. The lowest BCUT2D eigenvalue weighted by Crippen LogP contribution is -2.50. The minimum absolute atomic E-state index is 0.331. The highest BCUT2D eigenvalue weighted by Gasteiger charge is 2.34. The minimum Gasteiger partial charge on any atom is -0.468 e. The standard InChI is InChI=1S/C13H17ClN2O2/c1-10(14)3-6-13(15,12(17)18-2)9-11-4-7-16-8-5-11/h3-5,7-8H,6,9,15H2,1-2H3/b10-3-. The van der Waals surface area contributed by atoms with Gasteiger partial charge in [-0.25, -0.2) is 0 Å². The largest absolute Gasteiger partial charge is 0.468 e. The Balaban J connectivity index is 2.91. The van der Waals surface area contributed by atoms with Crippen molar-refractivity contribution in [3.63, 3.8) is 0 Å². The molecule has 1 atom stereocenters. The van der Waals surface area contributed by atoms with Gasteiger partial charge in [0.15, 0.2) is 0 Å². The van der Waals surface area contributed by atoms with E-state index in [0.29, 0.717) is 17.9 Å². The third-order valence-corrected chi connectivity index (χ3v) is 2.76. The Morgan fingerprint density at radius 1 is 1.56 bits per heavy atom. The Bertz CT molecular complexity index is 430. The topological polar surface area (TPSA) is 65.2 Å². The molecule has 0 bridgehead atoms. The summed E-state index contributed by atoms with van der Waals surface area (Å²) in [6.07, 6.45) is 5.76. The van der Waals surface area contributed by atoms with Crippen molar-refractivity contribution in [1.29, 1.82) is 0 Å². The molecule has 0 aliphatic carbocycles. The predicted octanol–water partition coefficient (Wildman–Crippen LogP) is 2.03. The molecule has 1 aromatic rings. The van der Waals surface area contributed by atoms with E-state index < -0.39 is 11.5 Å². The average molecular weight is 269 g/mol. The molecule has 1 unspecified atom stereocenters. The molecule has 1 heterocycles. The second-order valence-electron chi connectivity index (χ2n) is 4.17. The van der Waals surface area contributed by atoms with Crippen LogP contribution in [0.3, 0.4) is 0 Å². The van der Waals surface area contributed by atoms with Crippen LogP contribution in [0.4, 0.5) is 0 Å². The summed E-state index contributed by atoms with van der Waals surface area (Å²) in [6, 6.07) is 3.64. The van der Waals surface area contributed by atoms with Gasteiger partial charge in [-0.3, -0.25) is 9.78 Å². The van der Waals surface area contributed by atoms with Crippen molar-refractivity contribution in [2.75, 3.05) is 7.11 Å². The van der Waals surface area contributed by atoms with E-state index in [0.717, 1.165) is 5.56 Å². The van der Waals surface area contributed by atoms with Crippen molar-refractivity contribution in [3.8, 4) is 0 Å². The number of aromatic nitrogens is 1. The monoisotopic (exact) mass is 268 g/mol. The third kappa shape index (κ3) is 4.13. The molecule has 0 aliphatic heterocycles. The van der Waals surface area contributed by atoms with Crippen LogP contribution in [-0.4, -0.2) is 23.6 Å². The van der Waals surface area contributed by atoms with E-state index in [1.807, 2.05) is 12.1 Å². The molecule has 1 aromatic heterocycles. The first kappa shape index (κ1) is 14.7. The van der Waals surface area contributed by atoms with Crippen molar-refractivity contribution in [2.45, 2.75) is 25.3 Å². The van der Waals surface area contributed by atoms with Gasteiger partial charge >= 0.3 is 5.97 Å². The number of halogens is 1. The fourth-order valence-electron chi connectivity index (χ4n) is 1.62. The second kappa shape index (κ2) is 6.52. The average Bonchev–Trinajstić information content (AvgIpc) is 2.36. The maximum atomic E-state index is 11.8. The number of nitrogens with zero attached hydrogens (tertiary/aromatic N) is 1.